The van der Waals surface area contributed by atoms with Gasteiger partial charge in [-0.1, -0.05) is 0 Å². The van der Waals surface area contributed by atoms with Crippen LogP contribution >= 0.6 is 11.3 Å². The second kappa shape index (κ2) is 5.42. The lowest BCUT2D eigenvalue weighted by atomic mass is 10.0. The highest BCUT2D eigenvalue weighted by molar-refractivity contribution is 7.15. The summed E-state index contributed by atoms with van der Waals surface area (Å²) < 4.78 is 1.69. The van der Waals surface area contributed by atoms with Crippen molar-refractivity contribution < 1.29 is 4.79 Å². The lowest BCUT2D eigenvalue weighted by Crippen LogP contribution is -2.12. The van der Waals surface area contributed by atoms with Crippen LogP contribution in [-0.4, -0.2) is 25.5 Å². The van der Waals surface area contributed by atoms with E-state index in [1.165, 1.54) is 17.7 Å². The molecule has 118 valence electrons. The summed E-state index contributed by atoms with van der Waals surface area (Å²) in [6.07, 6.45) is 4.47. The Morgan fingerprint density at radius 1 is 1.22 bits per heavy atom. The molecule has 1 amide bonds. The van der Waals surface area contributed by atoms with Gasteiger partial charge in [0.1, 0.15) is 0 Å². The SMILES string of the molecule is Cc1cc(C)n2nc(C(=O)Nc3nc4c(s3)CCCC4)cc2n1. The predicted molar refractivity (Wildman–Crippen MR) is 89.2 cm³/mol. The zero-order valence-electron chi connectivity index (χ0n) is 13.1. The number of amides is 1. The number of aryl methyl sites for hydroxylation is 4. The second-order valence-electron chi connectivity index (χ2n) is 5.89. The average Bonchev–Trinajstić information content (AvgIpc) is 3.10. The summed E-state index contributed by atoms with van der Waals surface area (Å²) in [4.78, 5) is 22.7. The number of anilines is 1. The summed E-state index contributed by atoms with van der Waals surface area (Å²) in [5, 5.41) is 7.89. The smallest absolute Gasteiger partial charge is 0.278 e. The highest BCUT2D eigenvalue weighted by Gasteiger charge is 2.18. The first-order valence-corrected chi connectivity index (χ1v) is 8.56. The van der Waals surface area contributed by atoms with Crippen LogP contribution in [0, 0.1) is 13.8 Å². The molecule has 0 bridgehead atoms. The van der Waals surface area contributed by atoms with Gasteiger partial charge in [-0.2, -0.15) is 5.10 Å². The maximum absolute atomic E-state index is 12.4. The van der Waals surface area contributed by atoms with E-state index < -0.39 is 0 Å². The van der Waals surface area contributed by atoms with Crippen molar-refractivity contribution in [2.24, 2.45) is 0 Å². The van der Waals surface area contributed by atoms with E-state index in [1.54, 1.807) is 21.9 Å². The zero-order valence-corrected chi connectivity index (χ0v) is 13.9. The van der Waals surface area contributed by atoms with Gasteiger partial charge >= 0.3 is 0 Å². The molecule has 1 aliphatic rings. The van der Waals surface area contributed by atoms with Crippen molar-refractivity contribution in [3.05, 3.63) is 39.8 Å². The van der Waals surface area contributed by atoms with Crippen molar-refractivity contribution in [2.45, 2.75) is 39.5 Å². The molecule has 0 saturated carbocycles. The van der Waals surface area contributed by atoms with Crippen LogP contribution in [0.3, 0.4) is 0 Å². The number of rotatable bonds is 2. The minimum absolute atomic E-state index is 0.237. The van der Waals surface area contributed by atoms with Gasteiger partial charge < -0.3 is 0 Å². The summed E-state index contributed by atoms with van der Waals surface area (Å²) in [5.41, 5.74) is 4.05. The van der Waals surface area contributed by atoms with Crippen molar-refractivity contribution in [3.63, 3.8) is 0 Å². The Morgan fingerprint density at radius 3 is 2.87 bits per heavy atom. The van der Waals surface area contributed by atoms with Crippen LogP contribution in [0.5, 0.6) is 0 Å². The van der Waals surface area contributed by atoms with E-state index in [0.29, 0.717) is 16.5 Å². The molecule has 6 nitrogen and oxygen atoms in total. The van der Waals surface area contributed by atoms with Crippen molar-refractivity contribution >= 4 is 28.0 Å². The summed E-state index contributed by atoms with van der Waals surface area (Å²) in [5.74, 6) is -0.237. The molecule has 1 N–H and O–H groups in total. The summed E-state index contributed by atoms with van der Waals surface area (Å²) >= 11 is 1.58. The number of carbonyl (C=O) groups is 1. The molecule has 3 aromatic heterocycles. The van der Waals surface area contributed by atoms with E-state index in [0.717, 1.165) is 29.9 Å². The first-order valence-electron chi connectivity index (χ1n) is 7.74. The van der Waals surface area contributed by atoms with Crippen LogP contribution in [-0.2, 0) is 12.8 Å². The lowest BCUT2D eigenvalue weighted by Gasteiger charge is -2.06. The molecule has 1 aliphatic carbocycles. The second-order valence-corrected chi connectivity index (χ2v) is 6.97. The molecule has 3 heterocycles. The first-order chi connectivity index (χ1) is 11.1. The van der Waals surface area contributed by atoms with E-state index in [4.69, 9.17) is 0 Å². The zero-order chi connectivity index (χ0) is 16.0. The van der Waals surface area contributed by atoms with Gasteiger partial charge in [0.05, 0.1) is 5.69 Å². The molecule has 0 aliphatic heterocycles. The molecule has 0 spiro atoms. The van der Waals surface area contributed by atoms with E-state index >= 15 is 0 Å². The Balaban J connectivity index is 1.61. The third-order valence-corrected chi connectivity index (χ3v) is 5.10. The average molecular weight is 327 g/mol. The maximum atomic E-state index is 12.4. The predicted octanol–water partition coefficient (Wildman–Crippen LogP) is 2.93. The van der Waals surface area contributed by atoms with Gasteiger partial charge in [0.25, 0.3) is 5.91 Å². The van der Waals surface area contributed by atoms with E-state index in [1.807, 2.05) is 19.9 Å². The lowest BCUT2D eigenvalue weighted by molar-refractivity contribution is 0.102. The number of nitrogens with one attached hydrogen (secondary N) is 1. The summed E-state index contributed by atoms with van der Waals surface area (Å²) in [6.45, 7) is 3.88. The molecular formula is C16H17N5OS. The Morgan fingerprint density at radius 2 is 2.04 bits per heavy atom. The molecule has 7 heteroatoms. The highest BCUT2D eigenvalue weighted by atomic mass is 32.1. The van der Waals surface area contributed by atoms with Crippen LogP contribution in [0.4, 0.5) is 5.13 Å². The highest BCUT2D eigenvalue weighted by Crippen LogP contribution is 2.29. The summed E-state index contributed by atoms with van der Waals surface area (Å²) in [7, 11) is 0. The van der Waals surface area contributed by atoms with Crippen LogP contribution < -0.4 is 5.32 Å². The molecule has 0 atom stereocenters. The molecule has 4 rings (SSSR count). The topological polar surface area (TPSA) is 72.2 Å². The standard InChI is InChI=1S/C16H17N5OS/c1-9-7-10(2)21-14(17-9)8-12(20-21)15(22)19-16-18-11-5-3-4-6-13(11)23-16/h7-8H,3-6H2,1-2H3,(H,18,19,22). The minimum Gasteiger partial charge on any atom is -0.296 e. The summed E-state index contributed by atoms with van der Waals surface area (Å²) in [6, 6.07) is 3.65. The molecule has 0 unspecified atom stereocenters. The molecule has 0 radical (unpaired) electrons. The monoisotopic (exact) mass is 327 g/mol. The van der Waals surface area contributed by atoms with Gasteiger partial charge in [-0.25, -0.2) is 14.5 Å². The largest absolute Gasteiger partial charge is 0.296 e. The van der Waals surface area contributed by atoms with Gasteiger partial charge in [0, 0.05) is 22.3 Å². The fourth-order valence-corrected chi connectivity index (χ4v) is 4.01. The molecule has 0 saturated heterocycles. The molecule has 3 aromatic rings. The van der Waals surface area contributed by atoms with E-state index in [2.05, 4.69) is 20.4 Å². The van der Waals surface area contributed by atoms with Crippen molar-refractivity contribution in [3.8, 4) is 0 Å². The van der Waals surface area contributed by atoms with E-state index in [9.17, 15) is 4.79 Å². The molecular weight excluding hydrogens is 310 g/mol. The van der Waals surface area contributed by atoms with E-state index in [-0.39, 0.29) is 5.91 Å². The van der Waals surface area contributed by atoms with Gasteiger partial charge in [-0.15, -0.1) is 11.3 Å². The Labute approximate surface area is 137 Å². The van der Waals surface area contributed by atoms with Crippen LogP contribution in [0.25, 0.3) is 5.65 Å². The van der Waals surface area contributed by atoms with Crippen molar-refractivity contribution in [2.75, 3.05) is 5.32 Å². The first kappa shape index (κ1) is 14.3. The number of hydrogen-bond acceptors (Lipinski definition) is 5. The third-order valence-electron chi connectivity index (χ3n) is 4.03. The normalized spacial score (nSPS) is 14.0. The van der Waals surface area contributed by atoms with Crippen molar-refractivity contribution in [1.82, 2.24) is 19.6 Å². The van der Waals surface area contributed by atoms with Crippen molar-refractivity contribution in [1.29, 1.82) is 0 Å². The Hall–Kier alpha value is -2.28. The number of carbonyl (C=O) groups excluding carboxylic acids is 1. The number of hydrogen-bond donors (Lipinski definition) is 1. The Kier molecular flexibility index (Phi) is 3.37. The number of fused-ring (bicyclic) bond motifs is 2. The number of nitrogens with zero attached hydrogens (tertiary/aromatic N) is 4. The van der Waals surface area contributed by atoms with Gasteiger partial charge in [0.2, 0.25) is 0 Å². The van der Waals surface area contributed by atoms with Gasteiger partial charge in [0.15, 0.2) is 16.5 Å². The fourth-order valence-electron chi connectivity index (χ4n) is 2.96. The molecule has 23 heavy (non-hydrogen) atoms. The molecule has 0 aromatic carbocycles. The van der Waals surface area contributed by atoms with Gasteiger partial charge in [-0.3, -0.25) is 10.1 Å². The van der Waals surface area contributed by atoms with Gasteiger partial charge in [-0.05, 0) is 45.6 Å². The van der Waals surface area contributed by atoms with Crippen LogP contribution in [0.15, 0.2) is 12.1 Å². The fraction of sp³-hybridized carbons (Fsp3) is 0.375. The van der Waals surface area contributed by atoms with Crippen LogP contribution in [0.1, 0.15) is 45.3 Å². The number of thiazole rings is 1. The Bertz CT molecular complexity index is 887. The quantitative estimate of drug-likeness (QED) is 0.785. The third kappa shape index (κ3) is 2.61. The van der Waals surface area contributed by atoms with Crippen LogP contribution in [0.2, 0.25) is 0 Å². The number of aromatic nitrogens is 4. The minimum atomic E-state index is -0.237. The molecule has 0 fully saturated rings. The maximum Gasteiger partial charge on any atom is 0.278 e.